The Morgan fingerprint density at radius 3 is 2.41 bits per heavy atom. The van der Waals surface area contributed by atoms with Gasteiger partial charge in [-0.1, -0.05) is 61.1 Å². The van der Waals surface area contributed by atoms with Gasteiger partial charge in [0.2, 0.25) is 0 Å². The first-order valence-corrected chi connectivity index (χ1v) is 15.3. The molecule has 1 aliphatic rings. The minimum absolute atomic E-state index is 0.238. The number of hydrogen-bond acceptors (Lipinski definition) is 7. The van der Waals surface area contributed by atoms with E-state index in [1.54, 1.807) is 18.8 Å². The number of methoxy groups -OCH3 is 2. The third-order valence-corrected chi connectivity index (χ3v) is 8.37. The summed E-state index contributed by atoms with van der Waals surface area (Å²) in [4.78, 5) is 33.3. The normalized spacial score (nSPS) is 14.7. The van der Waals surface area contributed by atoms with Crippen molar-refractivity contribution in [2.24, 2.45) is 10.9 Å². The summed E-state index contributed by atoms with van der Waals surface area (Å²) in [5, 5.41) is 3.06. The molecule has 3 aromatic carbocycles. The van der Waals surface area contributed by atoms with E-state index in [2.05, 4.69) is 19.2 Å². The van der Waals surface area contributed by atoms with Gasteiger partial charge in [-0.25, -0.2) is 4.99 Å². The van der Waals surface area contributed by atoms with Crippen molar-refractivity contribution in [3.63, 3.8) is 0 Å². The van der Waals surface area contributed by atoms with E-state index >= 15 is 0 Å². The van der Waals surface area contributed by atoms with E-state index in [4.69, 9.17) is 19.2 Å². The van der Waals surface area contributed by atoms with Crippen molar-refractivity contribution in [3.8, 4) is 17.2 Å². The Morgan fingerprint density at radius 1 is 1.00 bits per heavy atom. The highest BCUT2D eigenvalue weighted by molar-refractivity contribution is 7.07. The van der Waals surface area contributed by atoms with Gasteiger partial charge < -0.3 is 19.5 Å². The summed E-state index contributed by atoms with van der Waals surface area (Å²) in [7, 11) is 3.19. The molecule has 0 aliphatic carbocycles. The number of amides is 1. The van der Waals surface area contributed by atoms with E-state index in [1.807, 2.05) is 87.5 Å². The van der Waals surface area contributed by atoms with E-state index in [0.29, 0.717) is 56.1 Å². The minimum atomic E-state index is -0.689. The lowest BCUT2D eigenvalue weighted by atomic mass is 9.95. The smallest absolute Gasteiger partial charge is 0.271 e. The largest absolute Gasteiger partial charge is 0.497 e. The number of carbonyl (C=O) groups is 1. The Kier molecular flexibility index (Phi) is 9.06. The Balaban J connectivity index is 1.60. The van der Waals surface area contributed by atoms with E-state index in [9.17, 15) is 9.59 Å². The molecular weight excluding hydrogens is 574 g/mol. The molecule has 4 aromatic rings. The molecule has 1 amide bonds. The molecule has 0 bridgehead atoms. The van der Waals surface area contributed by atoms with Crippen LogP contribution in [-0.4, -0.2) is 31.3 Å². The van der Waals surface area contributed by atoms with Crippen LogP contribution in [0.4, 0.5) is 5.69 Å². The third-order valence-electron chi connectivity index (χ3n) is 7.39. The topological polar surface area (TPSA) is 91.2 Å². The van der Waals surface area contributed by atoms with Crippen LogP contribution in [-0.2, 0) is 4.79 Å². The zero-order valence-electron chi connectivity index (χ0n) is 26.1. The first-order chi connectivity index (χ1) is 21.1. The van der Waals surface area contributed by atoms with Gasteiger partial charge in [0.05, 0.1) is 42.7 Å². The Labute approximate surface area is 261 Å². The Bertz CT molecular complexity index is 1920. The number of carbonyl (C=O) groups excluding carboxylic acids is 1. The van der Waals surface area contributed by atoms with Gasteiger partial charge in [0.15, 0.2) is 16.3 Å². The molecular formula is C35H37N3O5S. The number of aromatic nitrogens is 1. The van der Waals surface area contributed by atoms with Gasteiger partial charge in [-0.2, -0.15) is 0 Å². The van der Waals surface area contributed by atoms with Crippen molar-refractivity contribution in [1.29, 1.82) is 0 Å². The van der Waals surface area contributed by atoms with Crippen LogP contribution in [0.5, 0.6) is 17.2 Å². The average Bonchev–Trinajstić information content (AvgIpc) is 3.30. The summed E-state index contributed by atoms with van der Waals surface area (Å²) in [5.41, 5.74) is 5.04. The lowest BCUT2D eigenvalue weighted by Crippen LogP contribution is -2.40. The number of hydrogen-bond donors (Lipinski definition) is 1. The monoisotopic (exact) mass is 611 g/mol. The van der Waals surface area contributed by atoms with Crippen molar-refractivity contribution in [1.82, 2.24) is 4.57 Å². The lowest BCUT2D eigenvalue weighted by Gasteiger charge is -2.25. The van der Waals surface area contributed by atoms with Crippen LogP contribution in [0.3, 0.4) is 0 Å². The van der Waals surface area contributed by atoms with Crippen molar-refractivity contribution >= 4 is 29.0 Å². The summed E-state index contributed by atoms with van der Waals surface area (Å²) < 4.78 is 18.9. The number of anilines is 1. The maximum absolute atomic E-state index is 14.1. The molecule has 0 spiro atoms. The molecule has 44 heavy (non-hydrogen) atoms. The second kappa shape index (κ2) is 12.9. The van der Waals surface area contributed by atoms with Gasteiger partial charge in [-0.05, 0) is 79.8 Å². The fraction of sp³-hybridized carbons (Fsp3) is 0.286. The van der Waals surface area contributed by atoms with E-state index < -0.39 is 6.04 Å². The van der Waals surface area contributed by atoms with Gasteiger partial charge in [-0.15, -0.1) is 0 Å². The number of aryl methyl sites for hydroxylation is 2. The van der Waals surface area contributed by atoms with Crippen LogP contribution in [0.1, 0.15) is 49.1 Å². The van der Waals surface area contributed by atoms with Gasteiger partial charge in [0.25, 0.3) is 11.5 Å². The summed E-state index contributed by atoms with van der Waals surface area (Å²) in [6.45, 7) is 10.5. The molecule has 1 aromatic heterocycles. The first kappa shape index (κ1) is 30.8. The standard InChI is InChI=1S/C35H37N3O5S/c1-20(2)19-43-28-15-9-24(17-29(28)42-7)18-30-34(40)38-32(25-10-12-26(41-6)13-11-25)31(23(5)36-35(38)44-30)33(39)37-27-14-8-21(3)16-22(27)4/h8-18,20,32H,19H2,1-7H3,(H,37,39)/b30-18+/t32-/m0/s1. The molecule has 0 radical (unpaired) electrons. The first-order valence-electron chi connectivity index (χ1n) is 14.5. The molecule has 9 heteroatoms. The molecule has 8 nitrogen and oxygen atoms in total. The Morgan fingerprint density at radius 2 is 1.75 bits per heavy atom. The number of benzene rings is 3. The zero-order valence-corrected chi connectivity index (χ0v) is 26.9. The summed E-state index contributed by atoms with van der Waals surface area (Å²) in [6, 6.07) is 18.2. The van der Waals surface area contributed by atoms with E-state index in [0.717, 1.165) is 22.3 Å². The second-order valence-electron chi connectivity index (χ2n) is 11.2. The van der Waals surface area contributed by atoms with Crippen molar-refractivity contribution in [3.05, 3.63) is 114 Å². The molecule has 228 valence electrons. The number of thiazole rings is 1. The molecule has 1 atom stereocenters. The zero-order chi connectivity index (χ0) is 31.5. The van der Waals surface area contributed by atoms with Gasteiger partial charge in [-0.3, -0.25) is 14.2 Å². The Hall–Kier alpha value is -4.63. The molecule has 0 saturated carbocycles. The third kappa shape index (κ3) is 6.33. The van der Waals surface area contributed by atoms with Crippen LogP contribution in [0, 0.1) is 19.8 Å². The maximum Gasteiger partial charge on any atom is 0.271 e. The summed E-state index contributed by atoms with van der Waals surface area (Å²) >= 11 is 1.29. The van der Waals surface area contributed by atoms with Crippen LogP contribution in [0.25, 0.3) is 6.08 Å². The number of fused-ring (bicyclic) bond motifs is 1. The highest BCUT2D eigenvalue weighted by atomic mass is 32.1. The van der Waals surface area contributed by atoms with Crippen molar-refractivity contribution < 1.29 is 19.0 Å². The van der Waals surface area contributed by atoms with E-state index in [1.165, 1.54) is 11.3 Å². The molecule has 0 unspecified atom stereocenters. The predicted molar refractivity (Wildman–Crippen MR) is 175 cm³/mol. The molecule has 5 rings (SSSR count). The fourth-order valence-electron chi connectivity index (χ4n) is 5.16. The number of rotatable bonds is 9. The lowest BCUT2D eigenvalue weighted by molar-refractivity contribution is -0.113. The summed E-state index contributed by atoms with van der Waals surface area (Å²) in [6.07, 6.45) is 1.82. The van der Waals surface area contributed by atoms with Crippen LogP contribution < -0.4 is 34.4 Å². The molecule has 1 aliphatic heterocycles. The minimum Gasteiger partial charge on any atom is -0.497 e. The van der Waals surface area contributed by atoms with Gasteiger partial charge in [0, 0.05) is 5.69 Å². The molecule has 2 heterocycles. The second-order valence-corrected chi connectivity index (χ2v) is 12.3. The van der Waals surface area contributed by atoms with Crippen LogP contribution in [0.2, 0.25) is 0 Å². The summed E-state index contributed by atoms with van der Waals surface area (Å²) in [5.74, 6) is 1.97. The number of nitrogens with one attached hydrogen (secondary N) is 1. The van der Waals surface area contributed by atoms with Crippen LogP contribution >= 0.6 is 11.3 Å². The molecule has 1 N–H and O–H groups in total. The van der Waals surface area contributed by atoms with E-state index in [-0.39, 0.29) is 11.5 Å². The number of allylic oxidation sites excluding steroid dienone is 1. The van der Waals surface area contributed by atoms with Gasteiger partial charge in [0.1, 0.15) is 5.75 Å². The predicted octanol–water partition coefficient (Wildman–Crippen LogP) is 5.54. The number of ether oxygens (including phenoxy) is 3. The quantitative estimate of drug-likeness (QED) is 0.268. The molecule has 0 fully saturated rings. The SMILES string of the molecule is COc1ccc([C@H]2C(C(=O)Nc3ccc(C)cc3C)=C(C)N=c3s/c(=C/c4ccc(OCC(C)C)c(OC)c4)c(=O)n32)cc1. The highest BCUT2D eigenvalue weighted by Crippen LogP contribution is 2.32. The van der Waals surface area contributed by atoms with Crippen molar-refractivity contribution in [2.45, 2.75) is 40.7 Å². The average molecular weight is 612 g/mol. The van der Waals surface area contributed by atoms with Crippen molar-refractivity contribution in [2.75, 3.05) is 26.1 Å². The fourth-order valence-corrected chi connectivity index (χ4v) is 6.20. The van der Waals surface area contributed by atoms with Crippen LogP contribution in [0.15, 0.2) is 81.7 Å². The maximum atomic E-state index is 14.1. The number of nitrogens with zero attached hydrogens (tertiary/aromatic N) is 2. The van der Waals surface area contributed by atoms with Gasteiger partial charge >= 0.3 is 0 Å². The highest BCUT2D eigenvalue weighted by Gasteiger charge is 2.32. The molecule has 0 saturated heterocycles.